The number of sulfonamides is 1. The van der Waals surface area contributed by atoms with Gasteiger partial charge in [-0.05, 0) is 62.1 Å². The molecule has 0 unspecified atom stereocenters. The number of rotatable bonds is 4. The van der Waals surface area contributed by atoms with E-state index in [0.29, 0.717) is 18.7 Å². The van der Waals surface area contributed by atoms with Crippen LogP contribution in [0.15, 0.2) is 53.4 Å². The van der Waals surface area contributed by atoms with Crippen LogP contribution in [0.3, 0.4) is 0 Å². The summed E-state index contributed by atoms with van der Waals surface area (Å²) < 4.78 is 27.4. The minimum atomic E-state index is -3.69. The van der Waals surface area contributed by atoms with Gasteiger partial charge in [0.05, 0.1) is 4.90 Å². The zero-order chi connectivity index (χ0) is 18.7. The predicted molar refractivity (Wildman–Crippen MR) is 103 cm³/mol. The maximum absolute atomic E-state index is 13.0. The summed E-state index contributed by atoms with van der Waals surface area (Å²) >= 11 is 0. The largest absolute Gasteiger partial charge is 0.325 e. The van der Waals surface area contributed by atoms with Crippen LogP contribution in [-0.4, -0.2) is 31.2 Å². The van der Waals surface area contributed by atoms with Crippen LogP contribution in [0.1, 0.15) is 30.4 Å². The lowest BCUT2D eigenvalue weighted by Crippen LogP contribution is -2.49. The zero-order valence-corrected chi connectivity index (χ0v) is 15.9. The van der Waals surface area contributed by atoms with Gasteiger partial charge in [0, 0.05) is 12.2 Å². The number of carbonyl (C=O) groups is 1. The lowest BCUT2D eigenvalue weighted by atomic mass is 10.0. The Morgan fingerprint density at radius 1 is 1.04 bits per heavy atom. The monoisotopic (exact) mass is 372 g/mol. The van der Waals surface area contributed by atoms with Crippen LogP contribution in [0.2, 0.25) is 0 Å². The van der Waals surface area contributed by atoms with Crippen LogP contribution in [0.25, 0.3) is 0 Å². The van der Waals surface area contributed by atoms with Gasteiger partial charge in [-0.2, -0.15) is 4.31 Å². The number of amides is 1. The zero-order valence-electron chi connectivity index (χ0n) is 15.1. The molecular formula is C20H24N2O3S. The van der Waals surface area contributed by atoms with Gasteiger partial charge >= 0.3 is 0 Å². The first kappa shape index (κ1) is 18.6. The van der Waals surface area contributed by atoms with E-state index in [0.717, 1.165) is 24.0 Å². The molecule has 2 aromatic rings. The van der Waals surface area contributed by atoms with E-state index in [1.165, 1.54) is 4.31 Å². The average molecular weight is 372 g/mol. The molecule has 1 fully saturated rings. The number of aryl methyl sites for hydroxylation is 2. The summed E-state index contributed by atoms with van der Waals surface area (Å²) in [6.45, 7) is 4.30. The maximum Gasteiger partial charge on any atom is 0.243 e. The van der Waals surface area contributed by atoms with Crippen LogP contribution in [0.4, 0.5) is 5.69 Å². The normalized spacial score (nSPS) is 18.5. The van der Waals surface area contributed by atoms with Crippen molar-refractivity contribution in [1.29, 1.82) is 0 Å². The van der Waals surface area contributed by atoms with E-state index in [1.807, 2.05) is 32.0 Å². The smallest absolute Gasteiger partial charge is 0.243 e. The van der Waals surface area contributed by atoms with Crippen molar-refractivity contribution in [3.8, 4) is 0 Å². The van der Waals surface area contributed by atoms with Crippen molar-refractivity contribution >= 4 is 21.6 Å². The fourth-order valence-corrected chi connectivity index (χ4v) is 5.13. The number of carbonyl (C=O) groups excluding carboxylic acids is 1. The van der Waals surface area contributed by atoms with E-state index >= 15 is 0 Å². The second-order valence-electron chi connectivity index (χ2n) is 6.81. The first-order chi connectivity index (χ1) is 12.4. The first-order valence-corrected chi connectivity index (χ1v) is 10.3. The molecule has 26 heavy (non-hydrogen) atoms. The second kappa shape index (κ2) is 7.60. The molecule has 0 radical (unpaired) electrons. The highest BCUT2D eigenvalue weighted by Gasteiger charge is 2.37. The van der Waals surface area contributed by atoms with Crippen molar-refractivity contribution in [2.24, 2.45) is 0 Å². The summed E-state index contributed by atoms with van der Waals surface area (Å²) in [7, 11) is -3.69. The molecule has 2 aromatic carbocycles. The lowest BCUT2D eigenvalue weighted by Gasteiger charge is -2.33. The second-order valence-corrected chi connectivity index (χ2v) is 8.70. The number of nitrogens with zero attached hydrogens (tertiary/aromatic N) is 1. The molecule has 1 amide bonds. The van der Waals surface area contributed by atoms with Crippen LogP contribution < -0.4 is 5.32 Å². The summed E-state index contributed by atoms with van der Waals surface area (Å²) in [5.74, 6) is -0.269. The van der Waals surface area contributed by atoms with Crippen molar-refractivity contribution in [2.75, 3.05) is 11.9 Å². The molecular weight excluding hydrogens is 348 g/mol. The Morgan fingerprint density at radius 2 is 1.69 bits per heavy atom. The Hall–Kier alpha value is -2.18. The highest BCUT2D eigenvalue weighted by molar-refractivity contribution is 7.89. The molecule has 0 spiro atoms. The van der Waals surface area contributed by atoms with E-state index < -0.39 is 16.1 Å². The van der Waals surface area contributed by atoms with Crippen molar-refractivity contribution in [1.82, 2.24) is 4.31 Å². The van der Waals surface area contributed by atoms with Crippen molar-refractivity contribution < 1.29 is 13.2 Å². The highest BCUT2D eigenvalue weighted by Crippen LogP contribution is 2.26. The van der Waals surface area contributed by atoms with Crippen LogP contribution in [0, 0.1) is 13.8 Å². The van der Waals surface area contributed by atoms with Crippen molar-refractivity contribution in [3.05, 3.63) is 59.7 Å². The summed E-state index contributed by atoms with van der Waals surface area (Å²) in [6, 6.07) is 13.4. The Bertz CT molecular complexity index is 874. The number of hydrogen-bond acceptors (Lipinski definition) is 3. The maximum atomic E-state index is 13.0. The van der Waals surface area contributed by atoms with Gasteiger partial charge in [0.25, 0.3) is 0 Å². The third-order valence-corrected chi connectivity index (χ3v) is 6.52. The first-order valence-electron chi connectivity index (χ1n) is 8.84. The molecule has 0 aliphatic carbocycles. The minimum absolute atomic E-state index is 0.228. The Labute approximate surface area is 155 Å². The molecule has 1 N–H and O–H groups in total. The molecule has 6 heteroatoms. The number of piperidine rings is 1. The molecule has 3 rings (SSSR count). The van der Waals surface area contributed by atoms with Gasteiger partial charge < -0.3 is 5.32 Å². The van der Waals surface area contributed by atoms with E-state index in [-0.39, 0.29) is 10.8 Å². The van der Waals surface area contributed by atoms with E-state index in [9.17, 15) is 13.2 Å². The molecule has 0 saturated carbocycles. The Kier molecular flexibility index (Phi) is 5.44. The topological polar surface area (TPSA) is 66.5 Å². The molecule has 0 bridgehead atoms. The van der Waals surface area contributed by atoms with Gasteiger partial charge in [-0.3, -0.25) is 4.79 Å². The van der Waals surface area contributed by atoms with E-state index in [2.05, 4.69) is 5.32 Å². The molecule has 1 saturated heterocycles. The van der Waals surface area contributed by atoms with Crippen LogP contribution in [0.5, 0.6) is 0 Å². The average Bonchev–Trinajstić information content (AvgIpc) is 2.61. The quantitative estimate of drug-likeness (QED) is 0.893. The Balaban J connectivity index is 1.86. The number of anilines is 1. The van der Waals surface area contributed by atoms with E-state index in [1.54, 1.807) is 30.3 Å². The highest BCUT2D eigenvalue weighted by atomic mass is 32.2. The van der Waals surface area contributed by atoms with Crippen LogP contribution >= 0.6 is 0 Å². The fraction of sp³-hybridized carbons (Fsp3) is 0.350. The standard InChI is InChI=1S/C20H24N2O3S/c1-15-12-16(2)14-17(13-15)21-20(23)19-10-6-7-11-22(19)26(24,25)18-8-4-3-5-9-18/h3-5,8-9,12-14,19H,6-7,10-11H2,1-2H3,(H,21,23)/t19-/m1/s1. The van der Waals surface area contributed by atoms with Gasteiger partial charge in [-0.15, -0.1) is 0 Å². The molecule has 1 heterocycles. The molecule has 0 aromatic heterocycles. The van der Waals surface area contributed by atoms with Crippen molar-refractivity contribution in [3.63, 3.8) is 0 Å². The fourth-order valence-electron chi connectivity index (χ4n) is 3.45. The molecule has 5 nitrogen and oxygen atoms in total. The van der Waals surface area contributed by atoms with E-state index in [4.69, 9.17) is 0 Å². The van der Waals surface area contributed by atoms with Gasteiger partial charge in [0.1, 0.15) is 6.04 Å². The van der Waals surface area contributed by atoms with Gasteiger partial charge in [0.15, 0.2) is 0 Å². The third-order valence-electron chi connectivity index (χ3n) is 4.60. The van der Waals surface area contributed by atoms with Gasteiger partial charge in [-0.1, -0.05) is 30.7 Å². The third kappa shape index (κ3) is 3.97. The van der Waals surface area contributed by atoms with Gasteiger partial charge in [0.2, 0.25) is 15.9 Å². The van der Waals surface area contributed by atoms with Crippen LogP contribution in [-0.2, 0) is 14.8 Å². The SMILES string of the molecule is Cc1cc(C)cc(NC(=O)[C@H]2CCCCN2S(=O)(=O)c2ccccc2)c1. The molecule has 1 aliphatic rings. The lowest BCUT2D eigenvalue weighted by molar-refractivity contribution is -0.120. The summed E-state index contributed by atoms with van der Waals surface area (Å²) in [6.07, 6.45) is 2.13. The summed E-state index contributed by atoms with van der Waals surface area (Å²) in [5, 5.41) is 2.90. The summed E-state index contributed by atoms with van der Waals surface area (Å²) in [5.41, 5.74) is 2.81. The molecule has 1 atom stereocenters. The number of benzene rings is 2. The van der Waals surface area contributed by atoms with Crippen molar-refractivity contribution in [2.45, 2.75) is 44.0 Å². The molecule has 1 aliphatic heterocycles. The summed E-state index contributed by atoms with van der Waals surface area (Å²) in [4.78, 5) is 13.1. The number of nitrogens with one attached hydrogen (secondary N) is 1. The minimum Gasteiger partial charge on any atom is -0.325 e. The molecule has 138 valence electrons. The Morgan fingerprint density at radius 3 is 2.35 bits per heavy atom. The number of hydrogen-bond donors (Lipinski definition) is 1. The predicted octanol–water partition coefficient (Wildman–Crippen LogP) is 3.49. The van der Waals surface area contributed by atoms with Gasteiger partial charge in [-0.25, -0.2) is 8.42 Å².